The molecule has 5 rings (SSSR count). The summed E-state index contributed by atoms with van der Waals surface area (Å²) >= 11 is 11.9. The smallest absolute Gasteiger partial charge is 0.376 e. The maximum absolute atomic E-state index is 10.1. The highest BCUT2D eigenvalue weighted by Gasteiger charge is 2.43. The van der Waals surface area contributed by atoms with Gasteiger partial charge in [-0.2, -0.15) is 0 Å². The van der Waals surface area contributed by atoms with Crippen LogP contribution < -0.4 is 4.90 Å². The van der Waals surface area contributed by atoms with Gasteiger partial charge in [-0.1, -0.05) is 23.4 Å². The average molecular weight is 484 g/mol. The Bertz CT molecular complexity index is 951. The van der Waals surface area contributed by atoms with E-state index in [1.165, 1.54) is 11.8 Å². The van der Waals surface area contributed by atoms with Crippen LogP contribution in [0.1, 0.15) is 24.0 Å². The third kappa shape index (κ3) is 2.89. The van der Waals surface area contributed by atoms with Gasteiger partial charge in [0.2, 0.25) is 0 Å². The van der Waals surface area contributed by atoms with Crippen LogP contribution in [0.25, 0.3) is 10.9 Å². The van der Waals surface area contributed by atoms with Crippen molar-refractivity contribution in [1.29, 1.82) is 0 Å². The van der Waals surface area contributed by atoms with Crippen LogP contribution in [0.4, 0.5) is 5.82 Å². The predicted octanol–water partition coefficient (Wildman–Crippen LogP) is 3.56. The lowest BCUT2D eigenvalue weighted by molar-refractivity contribution is 0.134. The Kier molecular flexibility index (Phi) is 5.05. The Hall–Kier alpha value is -0.575. The summed E-state index contributed by atoms with van der Waals surface area (Å²) in [6, 6.07) is 0.670. The van der Waals surface area contributed by atoms with E-state index >= 15 is 0 Å². The van der Waals surface area contributed by atoms with Crippen LogP contribution >= 0.6 is 39.3 Å². The molecule has 2 atom stereocenters. The maximum atomic E-state index is 10.1. The number of halogens is 2. The summed E-state index contributed by atoms with van der Waals surface area (Å²) in [5, 5.41) is 12.5. The third-order valence-electron chi connectivity index (χ3n) is 6.16. The molecule has 0 amide bonds. The molecule has 2 saturated heterocycles. The Labute approximate surface area is 182 Å². The maximum Gasteiger partial charge on any atom is 0.376 e. The average Bonchev–Trinajstić information content (AvgIpc) is 3.27. The van der Waals surface area contributed by atoms with Gasteiger partial charge in [-0.15, -0.1) is 0 Å². The number of anilines is 1. The van der Waals surface area contributed by atoms with E-state index in [-0.39, 0.29) is 0 Å². The van der Waals surface area contributed by atoms with E-state index in [4.69, 9.17) is 26.3 Å². The molecule has 2 aromatic rings. The van der Waals surface area contributed by atoms with Crippen LogP contribution in [0.15, 0.2) is 9.63 Å². The van der Waals surface area contributed by atoms with E-state index < -0.39 is 7.05 Å². The zero-order valence-corrected chi connectivity index (χ0v) is 18.9. The van der Waals surface area contributed by atoms with Gasteiger partial charge in [-0.05, 0) is 53.0 Å². The van der Waals surface area contributed by atoms with Crippen molar-refractivity contribution in [2.75, 3.05) is 24.2 Å². The number of hydrogen-bond acceptors (Lipinski definition) is 7. The Morgan fingerprint density at radius 3 is 2.54 bits per heavy atom. The van der Waals surface area contributed by atoms with Gasteiger partial charge < -0.3 is 19.5 Å². The van der Waals surface area contributed by atoms with Crippen molar-refractivity contribution in [1.82, 2.24) is 14.8 Å². The molecule has 0 spiro atoms. The van der Waals surface area contributed by atoms with E-state index in [0.717, 1.165) is 63.4 Å². The van der Waals surface area contributed by atoms with E-state index in [1.54, 1.807) is 0 Å². The number of ether oxygens (including phenoxy) is 1. The van der Waals surface area contributed by atoms with Gasteiger partial charge in [0.25, 0.3) is 0 Å². The van der Waals surface area contributed by atoms with Gasteiger partial charge in [0.1, 0.15) is 5.82 Å². The quantitative estimate of drug-likeness (QED) is 0.407. The summed E-state index contributed by atoms with van der Waals surface area (Å²) in [5.74, 6) is 0.975. The minimum atomic E-state index is -0.419. The highest BCUT2D eigenvalue weighted by molar-refractivity contribution is 9.10. The number of nitrogens with zero attached hydrogens (tertiary/aromatic N) is 4. The van der Waals surface area contributed by atoms with Crippen LogP contribution in [0.2, 0.25) is 11.8 Å². The largest absolute Gasteiger partial charge is 0.437 e. The van der Waals surface area contributed by atoms with Crippen LogP contribution in [0.3, 0.4) is 0 Å². The second-order valence-electron chi connectivity index (χ2n) is 7.71. The van der Waals surface area contributed by atoms with Gasteiger partial charge in [-0.3, -0.25) is 0 Å². The first-order valence-corrected chi connectivity index (χ1v) is 11.9. The summed E-state index contributed by atoms with van der Waals surface area (Å²) in [6.45, 7) is 4.65. The van der Waals surface area contributed by atoms with Gasteiger partial charge in [0.15, 0.2) is 5.16 Å². The fraction of sp³-hybridized carbons (Fsp3) is 0.556. The second-order valence-corrected chi connectivity index (χ2v) is 9.66. The van der Waals surface area contributed by atoms with E-state index in [2.05, 4.69) is 25.6 Å². The summed E-state index contributed by atoms with van der Waals surface area (Å²) in [7, 11) is -0.419. The number of thioether (sulfide) groups is 1. The molecule has 3 aliphatic heterocycles. The summed E-state index contributed by atoms with van der Waals surface area (Å²) < 4.78 is 6.65. The van der Waals surface area contributed by atoms with Gasteiger partial charge in [0.05, 0.1) is 29.1 Å². The number of rotatable bonds is 3. The van der Waals surface area contributed by atoms with Crippen LogP contribution in [0, 0.1) is 0 Å². The number of piperazine rings is 1. The van der Waals surface area contributed by atoms with Crippen molar-refractivity contribution in [2.45, 2.75) is 50.1 Å². The van der Waals surface area contributed by atoms with Crippen molar-refractivity contribution in [2.24, 2.45) is 0 Å². The molecule has 28 heavy (non-hydrogen) atoms. The molecule has 6 nitrogen and oxygen atoms in total. The molecule has 4 heterocycles. The minimum absolute atomic E-state index is 0.335. The number of hydrogen-bond donors (Lipinski definition) is 1. The fourth-order valence-electron chi connectivity index (χ4n) is 4.81. The first-order valence-electron chi connectivity index (χ1n) is 9.52. The van der Waals surface area contributed by atoms with Gasteiger partial charge in [0, 0.05) is 29.6 Å². The highest BCUT2D eigenvalue weighted by atomic mass is 79.9. The molecule has 148 valence electrons. The molecule has 3 aliphatic rings. The Balaban J connectivity index is 1.72. The molecule has 2 unspecified atom stereocenters. The first-order chi connectivity index (χ1) is 13.5. The summed E-state index contributed by atoms with van der Waals surface area (Å²) in [6.07, 6.45) is 4.21. The molecular formula is C18H21BBrClN4O2S. The van der Waals surface area contributed by atoms with Gasteiger partial charge in [-0.25, -0.2) is 9.97 Å². The second kappa shape index (κ2) is 7.28. The lowest BCUT2D eigenvalue weighted by atomic mass is 9.83. The Morgan fingerprint density at radius 2 is 1.89 bits per heavy atom. The summed E-state index contributed by atoms with van der Waals surface area (Å²) in [5.41, 5.74) is 3.05. The van der Waals surface area contributed by atoms with Crippen LogP contribution in [-0.4, -0.2) is 58.3 Å². The monoisotopic (exact) mass is 482 g/mol. The van der Waals surface area contributed by atoms with E-state index in [0.29, 0.717) is 30.3 Å². The van der Waals surface area contributed by atoms with E-state index in [1.807, 2.05) is 13.1 Å². The predicted molar refractivity (Wildman–Crippen MR) is 117 cm³/mol. The summed E-state index contributed by atoms with van der Waals surface area (Å²) in [4.78, 5) is 14.4. The van der Waals surface area contributed by atoms with E-state index in [9.17, 15) is 5.02 Å². The standard InChI is InChI=1S/C18H21BBrClN4O2S/c1-19(26)24-5-9-3-4-10(6-24)25(9)17-13-11-7-27-8-12(11)14(20)15(21)16(13)22-18(23-17)28-2/h9-10,26H,3-8H2,1-2H3. The first kappa shape index (κ1) is 19.4. The van der Waals surface area contributed by atoms with Crippen molar-refractivity contribution < 1.29 is 9.76 Å². The topological polar surface area (TPSA) is 61.7 Å². The van der Waals surface area contributed by atoms with Crippen molar-refractivity contribution in [3.05, 3.63) is 20.6 Å². The molecule has 1 N–H and O–H groups in total. The Morgan fingerprint density at radius 1 is 1.21 bits per heavy atom. The van der Waals surface area contributed by atoms with Crippen LogP contribution in [0.5, 0.6) is 0 Å². The number of benzene rings is 1. The molecule has 10 heteroatoms. The molecule has 1 aromatic heterocycles. The molecule has 0 aliphatic carbocycles. The lowest BCUT2D eigenvalue weighted by Crippen LogP contribution is -2.57. The molecule has 0 radical (unpaired) electrons. The minimum Gasteiger partial charge on any atom is -0.437 e. The molecule has 1 aromatic carbocycles. The zero-order chi connectivity index (χ0) is 19.6. The number of fused-ring (bicyclic) bond motifs is 5. The zero-order valence-electron chi connectivity index (χ0n) is 15.8. The van der Waals surface area contributed by atoms with Crippen molar-refractivity contribution >= 4 is 63.1 Å². The van der Waals surface area contributed by atoms with Crippen LogP contribution in [-0.2, 0) is 18.0 Å². The van der Waals surface area contributed by atoms with Crippen molar-refractivity contribution in [3.8, 4) is 0 Å². The molecule has 2 bridgehead atoms. The fourth-order valence-corrected chi connectivity index (χ4v) is 5.97. The van der Waals surface area contributed by atoms with Crippen molar-refractivity contribution in [3.63, 3.8) is 0 Å². The highest BCUT2D eigenvalue weighted by Crippen LogP contribution is 2.46. The molecule has 0 saturated carbocycles. The molecular weight excluding hydrogens is 462 g/mol. The normalized spacial score (nSPS) is 24.2. The number of aromatic nitrogens is 2. The van der Waals surface area contributed by atoms with Gasteiger partial charge >= 0.3 is 7.05 Å². The third-order valence-corrected chi connectivity index (χ3v) is 8.18. The molecule has 2 fully saturated rings. The lowest BCUT2D eigenvalue weighted by Gasteiger charge is -2.42. The SMILES string of the molecule is CSc1nc(N2C3CCC2CN(B(C)O)C3)c2c3c(c(Br)c(Cl)c2n1)COC3.